The number of likely N-dealkylation sites (tertiary alicyclic amines) is 1. The first-order valence-electron chi connectivity index (χ1n) is 10.00. The molecule has 2 saturated heterocycles. The first kappa shape index (κ1) is 22.0. The zero-order valence-corrected chi connectivity index (χ0v) is 19.0. The zero-order valence-electron chi connectivity index (χ0n) is 17.5. The van der Waals surface area contributed by atoms with Crippen molar-refractivity contribution in [1.29, 1.82) is 0 Å². The number of esters is 1. The van der Waals surface area contributed by atoms with E-state index in [2.05, 4.69) is 15.9 Å². The quantitative estimate of drug-likeness (QED) is 0.266. The van der Waals surface area contributed by atoms with Gasteiger partial charge in [0.1, 0.15) is 21.6 Å². The van der Waals surface area contributed by atoms with Gasteiger partial charge in [-0.25, -0.2) is 0 Å². The fourth-order valence-electron chi connectivity index (χ4n) is 4.31. The van der Waals surface area contributed by atoms with Gasteiger partial charge in [-0.2, -0.15) is 0 Å². The van der Waals surface area contributed by atoms with E-state index in [4.69, 9.17) is 14.2 Å². The van der Waals surface area contributed by atoms with Gasteiger partial charge in [0.05, 0.1) is 19.1 Å². The predicted octanol–water partition coefficient (Wildman–Crippen LogP) is 1.58. The van der Waals surface area contributed by atoms with E-state index in [9.17, 15) is 19.5 Å². The number of fused-ring (bicyclic) bond motifs is 5. The minimum Gasteiger partial charge on any atom is -0.464 e. The summed E-state index contributed by atoms with van der Waals surface area (Å²) in [5.74, 6) is -3.75. The van der Waals surface area contributed by atoms with Gasteiger partial charge in [-0.3, -0.25) is 19.3 Å². The van der Waals surface area contributed by atoms with Gasteiger partial charge in [0.15, 0.2) is 0 Å². The molecule has 4 unspecified atom stereocenters. The number of halogens is 1. The van der Waals surface area contributed by atoms with Crippen LogP contribution in [0.2, 0.25) is 0 Å². The number of aliphatic hydroxyl groups is 1. The number of imide groups is 1. The van der Waals surface area contributed by atoms with Crippen LogP contribution in [0.1, 0.15) is 19.4 Å². The van der Waals surface area contributed by atoms with Crippen molar-refractivity contribution in [3.63, 3.8) is 0 Å². The Morgan fingerprint density at radius 1 is 1.19 bits per heavy atom. The Hall–Kier alpha value is -2.23. The molecule has 0 aliphatic carbocycles. The van der Waals surface area contributed by atoms with E-state index in [1.807, 2.05) is 12.1 Å². The fourth-order valence-corrected chi connectivity index (χ4v) is 4.42. The number of alkyl halides is 1. The Kier molecular flexibility index (Phi) is 5.27. The van der Waals surface area contributed by atoms with Crippen LogP contribution in [0.3, 0.4) is 0 Å². The second-order valence-corrected chi connectivity index (χ2v) is 10.5. The van der Waals surface area contributed by atoms with Crippen LogP contribution < -0.4 is 4.74 Å². The second kappa shape index (κ2) is 7.43. The molecule has 0 spiro atoms. The normalized spacial score (nSPS) is 31.3. The largest absolute Gasteiger partial charge is 0.464 e. The molecule has 1 aromatic rings. The number of rotatable bonds is 7. The van der Waals surface area contributed by atoms with Crippen molar-refractivity contribution in [1.82, 2.24) is 4.90 Å². The van der Waals surface area contributed by atoms with E-state index in [1.54, 1.807) is 38.1 Å². The third-order valence-electron chi connectivity index (χ3n) is 5.99. The molecule has 0 aromatic heterocycles. The van der Waals surface area contributed by atoms with Gasteiger partial charge in [0, 0.05) is 13.5 Å². The lowest BCUT2D eigenvalue weighted by molar-refractivity contribution is -0.181. The molecule has 2 fully saturated rings. The Bertz CT molecular complexity index is 954. The maximum absolute atomic E-state index is 12.7. The summed E-state index contributed by atoms with van der Waals surface area (Å²) >= 11 is 3.26. The van der Waals surface area contributed by atoms with Crippen molar-refractivity contribution in [2.75, 3.05) is 20.3 Å². The monoisotopic (exact) mass is 493 g/mol. The van der Waals surface area contributed by atoms with Gasteiger partial charge in [0.25, 0.3) is 0 Å². The van der Waals surface area contributed by atoms with Crippen molar-refractivity contribution in [2.24, 2.45) is 11.8 Å². The van der Waals surface area contributed by atoms with E-state index in [0.29, 0.717) is 12.2 Å². The van der Waals surface area contributed by atoms with Crippen LogP contribution in [0.4, 0.5) is 0 Å². The summed E-state index contributed by atoms with van der Waals surface area (Å²) in [5.41, 5.74) is -0.316. The molecule has 9 heteroatoms. The molecule has 3 aliphatic heterocycles. The summed E-state index contributed by atoms with van der Waals surface area (Å²) in [4.78, 5) is 38.2. The van der Waals surface area contributed by atoms with Crippen molar-refractivity contribution in [2.45, 2.75) is 36.0 Å². The van der Waals surface area contributed by atoms with Crippen LogP contribution in [0.5, 0.6) is 5.75 Å². The van der Waals surface area contributed by atoms with E-state index >= 15 is 0 Å². The SMILES string of the molecule is CN1C(=O)C2C(C1=O)C1(Oc3ccc(CCOC(=O)C(C)(C)Br)cc3)C=CC2(CO)O1. The number of carbonyl (C=O) groups is 3. The number of aliphatic hydroxyl groups excluding tert-OH is 1. The summed E-state index contributed by atoms with van der Waals surface area (Å²) in [7, 11) is 1.43. The third kappa shape index (κ3) is 3.48. The van der Waals surface area contributed by atoms with Gasteiger partial charge in [-0.1, -0.05) is 28.1 Å². The van der Waals surface area contributed by atoms with E-state index < -0.39 is 34.2 Å². The average molecular weight is 494 g/mol. The molecule has 4 atom stereocenters. The predicted molar refractivity (Wildman–Crippen MR) is 112 cm³/mol. The first-order valence-corrected chi connectivity index (χ1v) is 10.8. The van der Waals surface area contributed by atoms with Crippen LogP contribution in [-0.2, 0) is 30.3 Å². The van der Waals surface area contributed by atoms with Gasteiger partial charge >= 0.3 is 5.97 Å². The Morgan fingerprint density at radius 2 is 1.84 bits per heavy atom. The average Bonchev–Trinajstić information content (AvgIpc) is 3.31. The molecular formula is C22H24BrNO7. The number of carbonyl (C=O) groups excluding carboxylic acids is 3. The minimum absolute atomic E-state index is 0.246. The molecule has 1 aromatic carbocycles. The van der Waals surface area contributed by atoms with Crippen molar-refractivity contribution in [3.8, 4) is 5.75 Å². The Balaban J connectivity index is 1.46. The van der Waals surface area contributed by atoms with Crippen LogP contribution in [0.15, 0.2) is 36.4 Å². The topological polar surface area (TPSA) is 102 Å². The lowest BCUT2D eigenvalue weighted by atomic mass is 9.76. The zero-order chi connectivity index (χ0) is 22.6. The summed E-state index contributed by atoms with van der Waals surface area (Å²) < 4.78 is 16.6. The van der Waals surface area contributed by atoms with Crippen LogP contribution in [0, 0.1) is 11.8 Å². The van der Waals surface area contributed by atoms with Gasteiger partial charge < -0.3 is 19.3 Å². The molecule has 31 heavy (non-hydrogen) atoms. The highest BCUT2D eigenvalue weighted by molar-refractivity contribution is 9.10. The molecule has 8 nitrogen and oxygen atoms in total. The van der Waals surface area contributed by atoms with Crippen molar-refractivity contribution >= 4 is 33.7 Å². The minimum atomic E-state index is -1.44. The van der Waals surface area contributed by atoms with Crippen molar-refractivity contribution < 1.29 is 33.7 Å². The lowest BCUT2D eigenvalue weighted by Gasteiger charge is -2.29. The highest BCUT2D eigenvalue weighted by Crippen LogP contribution is 2.57. The van der Waals surface area contributed by atoms with Gasteiger partial charge in [0.2, 0.25) is 17.6 Å². The maximum atomic E-state index is 12.7. The summed E-state index contributed by atoms with van der Waals surface area (Å²) in [6, 6.07) is 7.12. The molecule has 166 valence electrons. The van der Waals surface area contributed by atoms with Gasteiger partial charge in [-0.15, -0.1) is 0 Å². The van der Waals surface area contributed by atoms with Crippen LogP contribution >= 0.6 is 15.9 Å². The van der Waals surface area contributed by atoms with E-state index in [0.717, 1.165) is 10.5 Å². The van der Waals surface area contributed by atoms with Crippen LogP contribution in [0.25, 0.3) is 0 Å². The molecule has 0 radical (unpaired) electrons. The molecule has 3 aliphatic rings. The molecule has 3 heterocycles. The number of nitrogens with zero attached hydrogens (tertiary/aromatic N) is 1. The van der Waals surface area contributed by atoms with Crippen molar-refractivity contribution in [3.05, 3.63) is 42.0 Å². The van der Waals surface area contributed by atoms with E-state index in [-0.39, 0.29) is 24.4 Å². The Morgan fingerprint density at radius 3 is 2.45 bits per heavy atom. The van der Waals surface area contributed by atoms with Gasteiger partial charge in [-0.05, 0) is 43.7 Å². The molecule has 0 saturated carbocycles. The number of hydrogen-bond donors (Lipinski definition) is 1. The fraction of sp³-hybridized carbons (Fsp3) is 0.500. The summed E-state index contributed by atoms with van der Waals surface area (Å²) in [6.07, 6.45) is 3.77. The maximum Gasteiger partial charge on any atom is 0.322 e. The highest BCUT2D eigenvalue weighted by Gasteiger charge is 2.74. The standard InChI is InChI=1S/C22H24BrNO7/c1-20(2,23)19(28)29-11-8-13-4-6-14(7-5-13)30-22-10-9-21(12-25,31-22)15-16(22)18(27)24(3)17(15)26/h4-7,9-10,15-16,25H,8,11-12H2,1-3H3. The molecule has 1 N–H and O–H groups in total. The summed E-state index contributed by atoms with van der Waals surface area (Å²) in [6.45, 7) is 3.26. The smallest absolute Gasteiger partial charge is 0.322 e. The molecule has 4 rings (SSSR count). The first-order chi connectivity index (χ1) is 14.5. The lowest BCUT2D eigenvalue weighted by Crippen LogP contribution is -2.44. The molecular weight excluding hydrogens is 470 g/mol. The molecule has 2 amide bonds. The Labute approximate surface area is 188 Å². The molecule has 2 bridgehead atoms. The number of amides is 2. The number of ether oxygens (including phenoxy) is 3. The third-order valence-corrected chi connectivity index (χ3v) is 6.31. The second-order valence-electron chi connectivity index (χ2n) is 8.57. The summed E-state index contributed by atoms with van der Waals surface area (Å²) in [5, 5.41) is 9.92. The van der Waals surface area contributed by atoms with Crippen LogP contribution in [-0.4, -0.2) is 63.8 Å². The number of benzene rings is 1. The van der Waals surface area contributed by atoms with E-state index in [1.165, 1.54) is 7.05 Å². The highest BCUT2D eigenvalue weighted by atomic mass is 79.9. The number of hydrogen-bond acceptors (Lipinski definition) is 7.